The first kappa shape index (κ1) is 14.5. The lowest BCUT2D eigenvalue weighted by molar-refractivity contribution is -0.387. The Morgan fingerprint density at radius 1 is 1.29 bits per heavy atom. The summed E-state index contributed by atoms with van der Waals surface area (Å²) < 4.78 is 14.0. The maximum absolute atomic E-state index is 14.0. The second kappa shape index (κ2) is 6.01. The van der Waals surface area contributed by atoms with Gasteiger partial charge in [-0.2, -0.15) is 9.65 Å². The molecule has 2 aromatic carbocycles. The number of halogens is 1. The summed E-state index contributed by atoms with van der Waals surface area (Å²) in [7, 11) is 1.70. The number of nitro benzene ring substituents is 1. The van der Waals surface area contributed by atoms with Crippen LogP contribution in [0.5, 0.6) is 0 Å². The first-order valence-electron chi connectivity index (χ1n) is 6.16. The highest BCUT2D eigenvalue weighted by atomic mass is 19.1. The molecule has 0 amide bonds. The van der Waals surface area contributed by atoms with Crippen LogP contribution in [0.25, 0.3) is 0 Å². The molecule has 0 saturated heterocycles. The van der Waals surface area contributed by atoms with E-state index in [0.717, 1.165) is 6.07 Å². The van der Waals surface area contributed by atoms with Gasteiger partial charge in [0.1, 0.15) is 6.07 Å². The number of nitrogens with zero attached hydrogens (tertiary/aromatic N) is 3. The van der Waals surface area contributed by atoms with Gasteiger partial charge < -0.3 is 4.90 Å². The van der Waals surface area contributed by atoms with Crippen LogP contribution in [0.3, 0.4) is 0 Å². The van der Waals surface area contributed by atoms with Crippen LogP contribution >= 0.6 is 0 Å². The van der Waals surface area contributed by atoms with E-state index in [2.05, 4.69) is 6.07 Å². The second-order valence-corrected chi connectivity index (χ2v) is 4.49. The molecule has 0 bridgehead atoms. The zero-order valence-electron chi connectivity index (χ0n) is 11.3. The van der Waals surface area contributed by atoms with E-state index < -0.39 is 16.4 Å². The number of nitriles is 1. The largest absolute Gasteiger partial charge is 0.369 e. The second-order valence-electron chi connectivity index (χ2n) is 4.49. The van der Waals surface area contributed by atoms with Gasteiger partial charge in [0.25, 0.3) is 0 Å². The average molecular weight is 285 g/mol. The molecule has 6 heteroatoms. The number of anilines is 1. The molecule has 0 atom stereocenters. The molecule has 2 rings (SSSR count). The van der Waals surface area contributed by atoms with Crippen molar-refractivity contribution in [2.45, 2.75) is 6.54 Å². The smallest absolute Gasteiger partial charge is 0.305 e. The van der Waals surface area contributed by atoms with Gasteiger partial charge in [-0.3, -0.25) is 10.1 Å². The maximum atomic E-state index is 14.0. The van der Waals surface area contributed by atoms with Crippen molar-refractivity contribution >= 4 is 11.4 Å². The van der Waals surface area contributed by atoms with Gasteiger partial charge in [0.2, 0.25) is 5.82 Å². The molecule has 0 aliphatic heterocycles. The molecule has 2 aromatic rings. The zero-order valence-corrected chi connectivity index (χ0v) is 11.3. The summed E-state index contributed by atoms with van der Waals surface area (Å²) in [6.07, 6.45) is 0. The SMILES string of the molecule is CN(Cc1cccc([N+](=O)[O-])c1F)c1ccccc1C#N. The van der Waals surface area contributed by atoms with E-state index in [1.165, 1.54) is 12.1 Å². The number of nitro groups is 1. The summed E-state index contributed by atoms with van der Waals surface area (Å²) >= 11 is 0. The Morgan fingerprint density at radius 3 is 2.67 bits per heavy atom. The fraction of sp³-hybridized carbons (Fsp3) is 0.133. The van der Waals surface area contributed by atoms with Crippen molar-refractivity contribution in [1.29, 1.82) is 5.26 Å². The van der Waals surface area contributed by atoms with Crippen molar-refractivity contribution in [3.05, 3.63) is 69.5 Å². The number of hydrogen-bond acceptors (Lipinski definition) is 4. The van der Waals surface area contributed by atoms with Crippen LogP contribution in [0.15, 0.2) is 42.5 Å². The lowest BCUT2D eigenvalue weighted by atomic mass is 10.1. The molecular formula is C15H12FN3O2. The first-order chi connectivity index (χ1) is 10.0. The summed E-state index contributed by atoms with van der Waals surface area (Å²) in [4.78, 5) is 11.7. The maximum Gasteiger partial charge on any atom is 0.305 e. The van der Waals surface area contributed by atoms with Gasteiger partial charge in [-0.25, -0.2) is 0 Å². The molecule has 0 spiro atoms. The molecular weight excluding hydrogens is 273 g/mol. The van der Waals surface area contributed by atoms with E-state index in [0.29, 0.717) is 11.3 Å². The summed E-state index contributed by atoms with van der Waals surface area (Å²) in [5.74, 6) is -0.844. The quantitative estimate of drug-likeness (QED) is 0.638. The fourth-order valence-corrected chi connectivity index (χ4v) is 2.07. The van der Waals surface area contributed by atoms with Gasteiger partial charge in [0.05, 0.1) is 16.2 Å². The number of rotatable bonds is 4. The van der Waals surface area contributed by atoms with Crippen molar-refractivity contribution in [2.24, 2.45) is 0 Å². The molecule has 5 nitrogen and oxygen atoms in total. The fourth-order valence-electron chi connectivity index (χ4n) is 2.07. The third-order valence-corrected chi connectivity index (χ3v) is 3.10. The minimum atomic E-state index is -0.844. The first-order valence-corrected chi connectivity index (χ1v) is 6.16. The summed E-state index contributed by atoms with van der Waals surface area (Å²) in [6, 6.07) is 13.0. The molecule has 0 aliphatic carbocycles. The lowest BCUT2D eigenvalue weighted by Crippen LogP contribution is -2.18. The molecule has 0 aliphatic rings. The van der Waals surface area contributed by atoms with Crippen LogP contribution in [-0.2, 0) is 6.54 Å². The Labute approximate surface area is 121 Å². The summed E-state index contributed by atoms with van der Waals surface area (Å²) in [6.45, 7) is 0.131. The Bertz CT molecular complexity index is 725. The minimum Gasteiger partial charge on any atom is -0.369 e. The minimum absolute atomic E-state index is 0.131. The zero-order chi connectivity index (χ0) is 15.4. The van der Waals surface area contributed by atoms with Crippen LogP contribution in [0, 0.1) is 27.3 Å². The molecule has 21 heavy (non-hydrogen) atoms. The molecule has 0 saturated carbocycles. The van der Waals surface area contributed by atoms with Crippen molar-refractivity contribution in [3.63, 3.8) is 0 Å². The Hall–Kier alpha value is -2.94. The van der Waals surface area contributed by atoms with Gasteiger partial charge in [-0.1, -0.05) is 24.3 Å². The van der Waals surface area contributed by atoms with Gasteiger partial charge in [-0.15, -0.1) is 0 Å². The highest BCUT2D eigenvalue weighted by molar-refractivity contribution is 5.59. The highest BCUT2D eigenvalue weighted by Gasteiger charge is 2.18. The average Bonchev–Trinajstić information content (AvgIpc) is 2.48. The predicted octanol–water partition coefficient (Wildman–Crippen LogP) is 3.24. The normalized spacial score (nSPS) is 9.95. The van der Waals surface area contributed by atoms with Crippen LogP contribution in [0.2, 0.25) is 0 Å². The predicted molar refractivity (Wildman–Crippen MR) is 76.3 cm³/mol. The molecule has 0 aromatic heterocycles. The topological polar surface area (TPSA) is 70.2 Å². The van der Waals surface area contributed by atoms with Gasteiger partial charge in [0, 0.05) is 25.2 Å². The summed E-state index contributed by atoms with van der Waals surface area (Å²) in [5.41, 5.74) is 0.769. The van der Waals surface area contributed by atoms with Crippen molar-refractivity contribution < 1.29 is 9.31 Å². The molecule has 0 heterocycles. The Balaban J connectivity index is 2.32. The van der Waals surface area contributed by atoms with E-state index >= 15 is 0 Å². The molecule has 106 valence electrons. The Kier molecular flexibility index (Phi) is 4.14. The van der Waals surface area contributed by atoms with E-state index in [1.807, 2.05) is 0 Å². The Morgan fingerprint density at radius 2 is 2.00 bits per heavy atom. The monoisotopic (exact) mass is 285 g/mol. The molecule has 0 fully saturated rings. The van der Waals surface area contributed by atoms with Crippen molar-refractivity contribution in [1.82, 2.24) is 0 Å². The summed E-state index contributed by atoms with van der Waals surface area (Å²) in [5, 5.41) is 19.8. The van der Waals surface area contributed by atoms with E-state index in [9.17, 15) is 14.5 Å². The number of para-hydroxylation sites is 1. The van der Waals surface area contributed by atoms with Crippen LogP contribution < -0.4 is 4.90 Å². The van der Waals surface area contributed by atoms with Crippen LogP contribution in [-0.4, -0.2) is 12.0 Å². The molecule has 0 radical (unpaired) electrons. The third-order valence-electron chi connectivity index (χ3n) is 3.10. The molecule has 0 unspecified atom stereocenters. The van der Waals surface area contributed by atoms with E-state index in [4.69, 9.17) is 5.26 Å². The van der Waals surface area contributed by atoms with E-state index in [-0.39, 0.29) is 12.1 Å². The number of benzene rings is 2. The van der Waals surface area contributed by atoms with Gasteiger partial charge >= 0.3 is 5.69 Å². The third kappa shape index (κ3) is 2.98. The van der Waals surface area contributed by atoms with Crippen LogP contribution in [0.4, 0.5) is 15.8 Å². The van der Waals surface area contributed by atoms with Crippen LogP contribution in [0.1, 0.15) is 11.1 Å². The van der Waals surface area contributed by atoms with Crippen molar-refractivity contribution in [2.75, 3.05) is 11.9 Å². The molecule has 0 N–H and O–H groups in total. The van der Waals surface area contributed by atoms with E-state index in [1.54, 1.807) is 36.2 Å². The van der Waals surface area contributed by atoms with Gasteiger partial charge in [0.15, 0.2) is 0 Å². The lowest BCUT2D eigenvalue weighted by Gasteiger charge is -2.20. The standard InChI is InChI=1S/C15H12FN3O2/c1-18(13-7-3-2-5-11(13)9-17)10-12-6-4-8-14(15(12)16)19(20)21/h2-8H,10H2,1H3. The van der Waals surface area contributed by atoms with Gasteiger partial charge in [-0.05, 0) is 12.1 Å². The highest BCUT2D eigenvalue weighted by Crippen LogP contribution is 2.24. The number of hydrogen-bond donors (Lipinski definition) is 0. The van der Waals surface area contributed by atoms with Crippen molar-refractivity contribution in [3.8, 4) is 6.07 Å².